The van der Waals surface area contributed by atoms with Crippen LogP contribution in [0.4, 0.5) is 0 Å². The number of hydrogen-bond acceptors (Lipinski definition) is 6. The van der Waals surface area contributed by atoms with Crippen molar-refractivity contribution in [1.29, 1.82) is 0 Å². The van der Waals surface area contributed by atoms with Crippen LogP contribution in [0.3, 0.4) is 0 Å². The van der Waals surface area contributed by atoms with Crippen LogP contribution in [0.15, 0.2) is 24.3 Å². The third-order valence-electron chi connectivity index (χ3n) is 3.02. The summed E-state index contributed by atoms with van der Waals surface area (Å²) < 4.78 is 21.7. The highest BCUT2D eigenvalue weighted by molar-refractivity contribution is 5.32. The Hall–Kier alpha value is -1.18. The van der Waals surface area contributed by atoms with Crippen LogP contribution in [0.25, 0.3) is 0 Å². The van der Waals surface area contributed by atoms with E-state index < -0.39 is 0 Å². The number of methoxy groups -OCH3 is 1. The van der Waals surface area contributed by atoms with Gasteiger partial charge in [-0.15, -0.1) is 0 Å². The number of ether oxygens (including phenoxy) is 4. The van der Waals surface area contributed by atoms with Crippen molar-refractivity contribution in [2.24, 2.45) is 0 Å². The van der Waals surface area contributed by atoms with Gasteiger partial charge in [0.15, 0.2) is 0 Å². The maximum Gasteiger partial charge on any atom is 0.123 e. The molecule has 2 rings (SSSR count). The number of benzene rings is 1. The van der Waals surface area contributed by atoms with Crippen molar-refractivity contribution in [3.05, 3.63) is 29.8 Å². The molecule has 0 aliphatic carbocycles. The molecule has 118 valence electrons. The van der Waals surface area contributed by atoms with Crippen LogP contribution in [-0.2, 0) is 25.6 Å². The van der Waals surface area contributed by atoms with Gasteiger partial charge < -0.3 is 18.9 Å². The zero-order valence-electron chi connectivity index (χ0n) is 12.5. The van der Waals surface area contributed by atoms with Crippen LogP contribution in [0.2, 0.25) is 0 Å². The number of para-hydroxylation sites is 1. The summed E-state index contributed by atoms with van der Waals surface area (Å²) in [5, 5.41) is 1.77. The zero-order valence-corrected chi connectivity index (χ0v) is 12.5. The molecule has 0 atom stereocenters. The van der Waals surface area contributed by atoms with Gasteiger partial charge in [-0.3, -0.25) is 4.84 Å². The molecule has 0 spiro atoms. The second-order valence-electron chi connectivity index (χ2n) is 4.55. The van der Waals surface area contributed by atoms with Crippen LogP contribution in [0.5, 0.6) is 5.75 Å². The molecule has 0 amide bonds. The summed E-state index contributed by atoms with van der Waals surface area (Å²) in [4.78, 5) is 5.71. The lowest BCUT2D eigenvalue weighted by Crippen LogP contribution is -2.30. The molecule has 0 bridgehead atoms. The first kappa shape index (κ1) is 16.2. The molecule has 0 radical (unpaired) electrons. The number of hydrogen-bond donors (Lipinski definition) is 0. The van der Waals surface area contributed by atoms with Crippen LogP contribution in [-0.4, -0.2) is 58.5 Å². The molecule has 6 nitrogen and oxygen atoms in total. The Kier molecular flexibility index (Phi) is 7.48. The second-order valence-corrected chi connectivity index (χ2v) is 4.55. The number of rotatable bonds is 3. The van der Waals surface area contributed by atoms with E-state index in [1.165, 1.54) is 0 Å². The smallest absolute Gasteiger partial charge is 0.123 e. The van der Waals surface area contributed by atoms with Gasteiger partial charge in [0.1, 0.15) is 12.5 Å². The van der Waals surface area contributed by atoms with E-state index in [4.69, 9.17) is 23.8 Å². The highest BCUT2D eigenvalue weighted by Crippen LogP contribution is 2.19. The predicted molar refractivity (Wildman–Crippen MR) is 76.9 cm³/mol. The molecule has 0 aromatic heterocycles. The van der Waals surface area contributed by atoms with Gasteiger partial charge in [-0.25, -0.2) is 0 Å². The normalized spacial score (nSPS) is 19.5. The molecule has 1 aromatic carbocycles. The van der Waals surface area contributed by atoms with E-state index in [2.05, 4.69) is 0 Å². The molecular formula is C15H23NO5. The Bertz CT molecular complexity index is 389. The maximum absolute atomic E-state index is 5.71. The number of nitrogens with zero attached hydrogens (tertiary/aromatic N) is 1. The average Bonchev–Trinajstić information content (AvgIpc) is 2.50. The lowest BCUT2D eigenvalue weighted by Gasteiger charge is -2.23. The SMILES string of the molecule is COc1ccccc1CN1COCCOCCOCCO1. The fourth-order valence-electron chi connectivity index (χ4n) is 1.98. The fraction of sp³-hybridized carbons (Fsp3) is 0.600. The van der Waals surface area contributed by atoms with E-state index in [9.17, 15) is 0 Å². The van der Waals surface area contributed by atoms with Crippen molar-refractivity contribution in [3.8, 4) is 5.75 Å². The summed E-state index contributed by atoms with van der Waals surface area (Å²) in [5.74, 6) is 0.840. The Morgan fingerprint density at radius 3 is 2.38 bits per heavy atom. The molecule has 1 saturated heterocycles. The standard InChI is InChI=1S/C15H23NO5/c1-17-15-5-3-2-4-14(15)12-16-13-20-9-8-18-6-7-19-10-11-21-16/h2-5H,6-13H2,1H3. The molecule has 1 aromatic rings. The van der Waals surface area contributed by atoms with Crippen molar-refractivity contribution in [1.82, 2.24) is 5.06 Å². The third-order valence-corrected chi connectivity index (χ3v) is 3.02. The highest BCUT2D eigenvalue weighted by Gasteiger charge is 2.11. The second kappa shape index (κ2) is 9.70. The topological polar surface area (TPSA) is 49.4 Å². The van der Waals surface area contributed by atoms with Gasteiger partial charge in [-0.1, -0.05) is 18.2 Å². The van der Waals surface area contributed by atoms with Crippen LogP contribution < -0.4 is 4.74 Å². The van der Waals surface area contributed by atoms with Gasteiger partial charge in [0.2, 0.25) is 0 Å². The molecule has 6 heteroatoms. The quantitative estimate of drug-likeness (QED) is 0.841. The van der Waals surface area contributed by atoms with Gasteiger partial charge >= 0.3 is 0 Å². The first-order chi connectivity index (χ1) is 10.4. The summed E-state index contributed by atoms with van der Waals surface area (Å²) in [6.07, 6.45) is 0. The molecule has 0 saturated carbocycles. The molecule has 1 aliphatic heterocycles. The third kappa shape index (κ3) is 5.99. The summed E-state index contributed by atoms with van der Waals surface area (Å²) in [6.45, 7) is 4.25. The Labute approximate surface area is 125 Å². The van der Waals surface area contributed by atoms with Crippen molar-refractivity contribution >= 4 is 0 Å². The minimum atomic E-state index is 0.376. The molecule has 1 heterocycles. The Balaban J connectivity index is 1.90. The van der Waals surface area contributed by atoms with Crippen molar-refractivity contribution < 1.29 is 23.8 Å². The van der Waals surface area contributed by atoms with Crippen LogP contribution in [0, 0.1) is 0 Å². The molecule has 0 unspecified atom stereocenters. The van der Waals surface area contributed by atoms with E-state index in [0.717, 1.165) is 11.3 Å². The molecular weight excluding hydrogens is 274 g/mol. The zero-order chi connectivity index (χ0) is 14.8. The largest absolute Gasteiger partial charge is 0.496 e. The van der Waals surface area contributed by atoms with E-state index in [-0.39, 0.29) is 0 Å². The van der Waals surface area contributed by atoms with E-state index in [1.54, 1.807) is 12.2 Å². The van der Waals surface area contributed by atoms with E-state index in [0.29, 0.717) is 52.9 Å². The van der Waals surface area contributed by atoms with Crippen molar-refractivity contribution in [2.45, 2.75) is 6.54 Å². The van der Waals surface area contributed by atoms with Gasteiger partial charge in [-0.2, -0.15) is 5.06 Å². The summed E-state index contributed by atoms with van der Waals surface area (Å²) in [7, 11) is 1.66. The molecule has 0 N–H and O–H groups in total. The molecule has 21 heavy (non-hydrogen) atoms. The Morgan fingerprint density at radius 1 is 0.952 bits per heavy atom. The molecule has 1 aliphatic rings. The summed E-state index contributed by atoms with van der Waals surface area (Å²) in [5.41, 5.74) is 1.05. The van der Waals surface area contributed by atoms with Gasteiger partial charge in [0, 0.05) is 5.56 Å². The predicted octanol–water partition coefficient (Wildman–Crippen LogP) is 1.45. The lowest BCUT2D eigenvalue weighted by molar-refractivity contribution is -0.226. The monoisotopic (exact) mass is 297 g/mol. The van der Waals surface area contributed by atoms with E-state index >= 15 is 0 Å². The van der Waals surface area contributed by atoms with Crippen LogP contribution in [0.1, 0.15) is 5.56 Å². The van der Waals surface area contributed by atoms with Gasteiger partial charge in [0.05, 0.1) is 53.3 Å². The minimum Gasteiger partial charge on any atom is -0.496 e. The van der Waals surface area contributed by atoms with Crippen LogP contribution >= 0.6 is 0 Å². The van der Waals surface area contributed by atoms with Crippen molar-refractivity contribution in [2.75, 3.05) is 53.5 Å². The van der Waals surface area contributed by atoms with Gasteiger partial charge in [0.25, 0.3) is 0 Å². The summed E-state index contributed by atoms with van der Waals surface area (Å²) >= 11 is 0. The highest BCUT2D eigenvalue weighted by atomic mass is 16.7. The fourth-order valence-corrected chi connectivity index (χ4v) is 1.98. The van der Waals surface area contributed by atoms with E-state index in [1.807, 2.05) is 24.3 Å². The first-order valence-corrected chi connectivity index (χ1v) is 7.13. The van der Waals surface area contributed by atoms with Crippen molar-refractivity contribution in [3.63, 3.8) is 0 Å². The number of hydroxylamine groups is 2. The lowest BCUT2D eigenvalue weighted by atomic mass is 10.2. The first-order valence-electron chi connectivity index (χ1n) is 7.13. The average molecular weight is 297 g/mol. The molecule has 1 fully saturated rings. The Morgan fingerprint density at radius 2 is 1.62 bits per heavy atom. The van der Waals surface area contributed by atoms with Gasteiger partial charge in [-0.05, 0) is 6.07 Å². The summed E-state index contributed by atoms with van der Waals surface area (Å²) in [6, 6.07) is 7.87. The maximum atomic E-state index is 5.71. The minimum absolute atomic E-state index is 0.376.